The van der Waals surface area contributed by atoms with Crippen LogP contribution in [0.25, 0.3) is 0 Å². The van der Waals surface area contributed by atoms with Crippen LogP contribution in [0.4, 0.5) is 0 Å². The normalized spacial score (nSPS) is 10.0. The molecule has 1 aromatic carbocycles. The molecule has 1 rings (SSSR count). The van der Waals surface area contributed by atoms with Crippen LogP contribution in [0.2, 0.25) is 5.02 Å². The van der Waals surface area contributed by atoms with Gasteiger partial charge in [0.1, 0.15) is 5.75 Å². The Morgan fingerprint density at radius 1 is 1.53 bits per heavy atom. The first kappa shape index (κ1) is 11.9. The fraction of sp³-hybridized carbons (Fsp3) is 0.364. The van der Waals surface area contributed by atoms with Crippen molar-refractivity contribution < 1.29 is 9.90 Å². The first-order chi connectivity index (χ1) is 7.13. The van der Waals surface area contributed by atoms with E-state index < -0.39 is 0 Å². The van der Waals surface area contributed by atoms with Crippen molar-refractivity contribution >= 4 is 17.5 Å². The number of hydrogen-bond acceptors (Lipinski definition) is 2. The number of phenolic OH excluding ortho intramolecular Hbond substituents is 1. The van der Waals surface area contributed by atoms with E-state index in [4.69, 9.17) is 16.7 Å². The predicted molar refractivity (Wildman–Crippen MR) is 60.1 cm³/mol. The molecule has 0 spiro atoms. The van der Waals surface area contributed by atoms with Gasteiger partial charge in [-0.05, 0) is 24.1 Å². The van der Waals surface area contributed by atoms with Crippen LogP contribution in [0.3, 0.4) is 0 Å². The molecule has 0 aromatic heterocycles. The van der Waals surface area contributed by atoms with Crippen molar-refractivity contribution in [1.82, 2.24) is 5.32 Å². The minimum atomic E-state index is -0.0514. The lowest BCUT2D eigenvalue weighted by molar-refractivity contribution is -0.120. The molecule has 2 N–H and O–H groups in total. The summed E-state index contributed by atoms with van der Waals surface area (Å²) >= 11 is 5.87. The van der Waals surface area contributed by atoms with Crippen LogP contribution in [-0.4, -0.2) is 17.6 Å². The van der Waals surface area contributed by atoms with Crippen molar-refractivity contribution in [3.05, 3.63) is 28.8 Å². The maximum absolute atomic E-state index is 11.4. The summed E-state index contributed by atoms with van der Waals surface area (Å²) in [6.45, 7) is 2.67. The Morgan fingerprint density at radius 3 is 2.87 bits per heavy atom. The van der Waals surface area contributed by atoms with Crippen molar-refractivity contribution in [3.8, 4) is 5.75 Å². The Hall–Kier alpha value is -1.22. The highest BCUT2D eigenvalue weighted by atomic mass is 35.5. The van der Waals surface area contributed by atoms with E-state index >= 15 is 0 Å². The highest BCUT2D eigenvalue weighted by Crippen LogP contribution is 2.21. The molecule has 0 aliphatic rings. The van der Waals surface area contributed by atoms with E-state index in [1.165, 1.54) is 12.1 Å². The maximum Gasteiger partial charge on any atom is 0.224 e. The fourth-order valence-corrected chi connectivity index (χ4v) is 1.42. The van der Waals surface area contributed by atoms with Crippen molar-refractivity contribution in [2.24, 2.45) is 0 Å². The Kier molecular flexibility index (Phi) is 4.43. The molecule has 0 saturated carbocycles. The van der Waals surface area contributed by atoms with E-state index in [1.54, 1.807) is 6.07 Å². The Labute approximate surface area is 94.1 Å². The molecule has 0 aliphatic heterocycles. The van der Waals surface area contributed by atoms with Gasteiger partial charge in [-0.2, -0.15) is 0 Å². The summed E-state index contributed by atoms with van der Waals surface area (Å²) in [5.41, 5.74) is 0.725. The number of aromatic hydroxyl groups is 1. The summed E-state index contributed by atoms with van der Waals surface area (Å²) in [4.78, 5) is 11.4. The van der Waals surface area contributed by atoms with Crippen LogP contribution in [0, 0.1) is 0 Å². The number of hydrogen-bond donors (Lipinski definition) is 2. The van der Waals surface area contributed by atoms with Gasteiger partial charge in [-0.25, -0.2) is 0 Å². The topological polar surface area (TPSA) is 49.3 Å². The van der Waals surface area contributed by atoms with Gasteiger partial charge < -0.3 is 10.4 Å². The highest BCUT2D eigenvalue weighted by molar-refractivity contribution is 6.31. The number of rotatable bonds is 4. The van der Waals surface area contributed by atoms with Crippen LogP contribution >= 0.6 is 11.6 Å². The standard InChI is InChI=1S/C11H14ClNO2/c1-2-5-13-11(15)6-8-3-4-9(14)7-10(8)12/h3-4,7,14H,2,5-6H2,1H3,(H,13,15). The molecule has 0 atom stereocenters. The molecule has 0 aliphatic carbocycles. The third-order valence-corrected chi connectivity index (χ3v) is 2.31. The zero-order valence-corrected chi connectivity index (χ0v) is 9.34. The monoisotopic (exact) mass is 227 g/mol. The van der Waals surface area contributed by atoms with E-state index in [0.717, 1.165) is 12.0 Å². The Balaban J connectivity index is 2.60. The molecule has 0 fully saturated rings. The first-order valence-corrected chi connectivity index (χ1v) is 5.25. The quantitative estimate of drug-likeness (QED) is 0.828. The van der Waals surface area contributed by atoms with E-state index in [0.29, 0.717) is 11.6 Å². The van der Waals surface area contributed by atoms with Crippen molar-refractivity contribution in [2.45, 2.75) is 19.8 Å². The summed E-state index contributed by atoms with van der Waals surface area (Å²) < 4.78 is 0. The van der Waals surface area contributed by atoms with Gasteiger partial charge in [0.15, 0.2) is 0 Å². The molecule has 0 saturated heterocycles. The Morgan fingerprint density at radius 2 is 2.27 bits per heavy atom. The third kappa shape index (κ3) is 3.80. The third-order valence-electron chi connectivity index (χ3n) is 1.96. The molecule has 0 unspecified atom stereocenters. The maximum atomic E-state index is 11.4. The summed E-state index contributed by atoms with van der Waals surface area (Å²) in [5, 5.41) is 12.3. The fourth-order valence-electron chi connectivity index (χ4n) is 1.18. The van der Waals surface area contributed by atoms with Crippen LogP contribution < -0.4 is 5.32 Å². The van der Waals surface area contributed by atoms with Crippen LogP contribution in [0.5, 0.6) is 5.75 Å². The summed E-state index contributed by atoms with van der Waals surface area (Å²) in [7, 11) is 0. The second kappa shape index (κ2) is 5.61. The SMILES string of the molecule is CCCNC(=O)Cc1ccc(O)cc1Cl. The van der Waals surface area contributed by atoms with E-state index in [1.807, 2.05) is 6.92 Å². The van der Waals surface area contributed by atoms with Gasteiger partial charge in [0.2, 0.25) is 5.91 Å². The number of halogens is 1. The van der Waals surface area contributed by atoms with Gasteiger partial charge in [-0.1, -0.05) is 24.6 Å². The lowest BCUT2D eigenvalue weighted by atomic mass is 10.1. The zero-order valence-electron chi connectivity index (χ0n) is 8.59. The lowest BCUT2D eigenvalue weighted by Crippen LogP contribution is -2.25. The molecule has 3 nitrogen and oxygen atoms in total. The molecular formula is C11H14ClNO2. The molecule has 82 valence electrons. The van der Waals surface area contributed by atoms with Crippen LogP contribution in [0.15, 0.2) is 18.2 Å². The molecule has 1 amide bonds. The van der Waals surface area contributed by atoms with Crippen molar-refractivity contribution in [2.75, 3.05) is 6.54 Å². The minimum Gasteiger partial charge on any atom is -0.508 e. The van der Waals surface area contributed by atoms with Crippen LogP contribution in [0.1, 0.15) is 18.9 Å². The summed E-state index contributed by atoms with van der Waals surface area (Å²) in [6.07, 6.45) is 1.16. The molecule has 4 heteroatoms. The molecule has 0 radical (unpaired) electrons. The average Bonchev–Trinajstić information content (AvgIpc) is 2.19. The smallest absolute Gasteiger partial charge is 0.224 e. The predicted octanol–water partition coefficient (Wildman–Crippen LogP) is 2.11. The molecule has 0 bridgehead atoms. The van der Waals surface area contributed by atoms with Gasteiger partial charge in [0.25, 0.3) is 0 Å². The average molecular weight is 228 g/mol. The molecule has 15 heavy (non-hydrogen) atoms. The van der Waals surface area contributed by atoms with Gasteiger partial charge in [-0.3, -0.25) is 4.79 Å². The minimum absolute atomic E-state index is 0.0514. The molecular weight excluding hydrogens is 214 g/mol. The first-order valence-electron chi connectivity index (χ1n) is 4.87. The van der Waals surface area contributed by atoms with Gasteiger partial charge in [-0.15, -0.1) is 0 Å². The summed E-state index contributed by atoms with van der Waals surface area (Å²) in [5.74, 6) is 0.0576. The number of benzene rings is 1. The second-order valence-electron chi connectivity index (χ2n) is 3.30. The number of amides is 1. The zero-order chi connectivity index (χ0) is 11.3. The lowest BCUT2D eigenvalue weighted by Gasteiger charge is -2.05. The van der Waals surface area contributed by atoms with E-state index in [2.05, 4.69) is 5.32 Å². The largest absolute Gasteiger partial charge is 0.508 e. The molecule has 0 heterocycles. The number of nitrogens with one attached hydrogen (secondary N) is 1. The number of carbonyl (C=O) groups is 1. The Bertz CT molecular complexity index is 352. The second-order valence-corrected chi connectivity index (χ2v) is 3.71. The van der Waals surface area contributed by atoms with Gasteiger partial charge in [0.05, 0.1) is 6.42 Å². The van der Waals surface area contributed by atoms with Crippen molar-refractivity contribution in [1.29, 1.82) is 0 Å². The van der Waals surface area contributed by atoms with E-state index in [-0.39, 0.29) is 18.1 Å². The van der Waals surface area contributed by atoms with Gasteiger partial charge >= 0.3 is 0 Å². The highest BCUT2D eigenvalue weighted by Gasteiger charge is 2.06. The van der Waals surface area contributed by atoms with Crippen molar-refractivity contribution in [3.63, 3.8) is 0 Å². The van der Waals surface area contributed by atoms with E-state index in [9.17, 15) is 4.79 Å². The number of phenols is 1. The van der Waals surface area contributed by atoms with Gasteiger partial charge in [0, 0.05) is 11.6 Å². The molecule has 1 aromatic rings. The van der Waals surface area contributed by atoms with Crippen LogP contribution in [-0.2, 0) is 11.2 Å². The number of carbonyl (C=O) groups excluding carboxylic acids is 1. The summed E-state index contributed by atoms with van der Waals surface area (Å²) in [6, 6.07) is 4.61.